The molecule has 0 spiro atoms. The summed E-state index contributed by atoms with van der Waals surface area (Å²) in [5, 5.41) is 0.444. The highest BCUT2D eigenvalue weighted by Crippen LogP contribution is 2.34. The van der Waals surface area contributed by atoms with Crippen molar-refractivity contribution < 1.29 is 23.9 Å². The number of ether oxygens (including phenoxy) is 1. The number of morpholine rings is 1. The van der Waals surface area contributed by atoms with Crippen molar-refractivity contribution in [2.45, 2.75) is 38.8 Å². The Morgan fingerprint density at radius 3 is 2.61 bits per heavy atom. The third-order valence-electron chi connectivity index (χ3n) is 7.07. The second-order valence-corrected chi connectivity index (χ2v) is 10.4. The normalized spacial score (nSPS) is 22.2. The number of carbonyl (C=O) groups is 4. The summed E-state index contributed by atoms with van der Waals surface area (Å²) in [6, 6.07) is 7.95. The molecule has 0 N–H and O–H groups in total. The van der Waals surface area contributed by atoms with Crippen LogP contribution in [0.1, 0.15) is 31.7 Å². The van der Waals surface area contributed by atoms with Crippen LogP contribution in [0.3, 0.4) is 0 Å². The van der Waals surface area contributed by atoms with Gasteiger partial charge >= 0.3 is 0 Å². The highest BCUT2D eigenvalue weighted by Gasteiger charge is 2.37. The second kappa shape index (κ2) is 10.5. The molecule has 2 aromatic rings. The van der Waals surface area contributed by atoms with Gasteiger partial charge in [-0.3, -0.25) is 24.1 Å². The van der Waals surface area contributed by atoms with Gasteiger partial charge in [-0.1, -0.05) is 18.2 Å². The third kappa shape index (κ3) is 4.92. The lowest BCUT2D eigenvalue weighted by atomic mass is 10.0. The fourth-order valence-corrected chi connectivity index (χ4v) is 5.88. The Labute approximate surface area is 214 Å². The molecule has 0 aliphatic carbocycles. The molecule has 4 amide bonds. The van der Waals surface area contributed by atoms with Crippen molar-refractivity contribution >= 4 is 51.7 Å². The van der Waals surface area contributed by atoms with Crippen molar-refractivity contribution in [3.63, 3.8) is 0 Å². The third-order valence-corrected chi connectivity index (χ3v) is 7.97. The van der Waals surface area contributed by atoms with Crippen molar-refractivity contribution in [3.8, 4) is 0 Å². The summed E-state index contributed by atoms with van der Waals surface area (Å²) in [7, 11) is 0. The van der Waals surface area contributed by atoms with E-state index in [2.05, 4.69) is 6.92 Å². The van der Waals surface area contributed by atoms with Gasteiger partial charge in [0.1, 0.15) is 13.1 Å². The molecule has 0 unspecified atom stereocenters. The summed E-state index contributed by atoms with van der Waals surface area (Å²) in [4.78, 5) is 56.2. The average molecular weight is 511 g/mol. The lowest BCUT2D eigenvalue weighted by Crippen LogP contribution is -2.46. The zero-order valence-electron chi connectivity index (χ0n) is 20.4. The number of likely N-dealkylation sites (tertiary alicyclic amines) is 1. The molecule has 1 aromatic heterocycles. The number of nitrogens with zero attached hydrogens (tertiary/aromatic N) is 4. The molecule has 1 atom stereocenters. The van der Waals surface area contributed by atoms with Gasteiger partial charge in [-0.2, -0.15) is 0 Å². The fraction of sp³-hybridized carbons (Fsp3) is 0.462. The summed E-state index contributed by atoms with van der Waals surface area (Å²) in [6.07, 6.45) is 6.75. The number of fused-ring (bicyclic) bond motifs is 1. The Balaban J connectivity index is 1.36. The van der Waals surface area contributed by atoms with Crippen LogP contribution >= 0.6 is 11.8 Å². The number of imide groups is 1. The molecular weight excluding hydrogens is 480 g/mol. The van der Waals surface area contributed by atoms with E-state index in [4.69, 9.17) is 4.74 Å². The molecule has 0 saturated carbocycles. The molecule has 3 aliphatic rings. The van der Waals surface area contributed by atoms with E-state index in [0.717, 1.165) is 58.9 Å². The van der Waals surface area contributed by atoms with Gasteiger partial charge in [0.25, 0.3) is 11.1 Å². The number of amides is 4. The molecular formula is C26H30N4O5S. The predicted octanol–water partition coefficient (Wildman–Crippen LogP) is 2.94. The predicted molar refractivity (Wildman–Crippen MR) is 137 cm³/mol. The topological polar surface area (TPSA) is 92.2 Å². The van der Waals surface area contributed by atoms with E-state index in [0.29, 0.717) is 26.3 Å². The summed E-state index contributed by atoms with van der Waals surface area (Å²) >= 11 is 0.839. The maximum Gasteiger partial charge on any atom is 0.294 e. The van der Waals surface area contributed by atoms with E-state index in [1.165, 1.54) is 0 Å². The number of thioether (sulfide) groups is 1. The highest BCUT2D eigenvalue weighted by molar-refractivity contribution is 8.18. The van der Waals surface area contributed by atoms with E-state index < -0.39 is 11.1 Å². The number of hydrogen-bond acceptors (Lipinski definition) is 6. The van der Waals surface area contributed by atoms with Crippen LogP contribution in [0.5, 0.6) is 0 Å². The molecule has 9 nitrogen and oxygen atoms in total. The Hall–Kier alpha value is -3.11. The monoisotopic (exact) mass is 510 g/mol. The summed E-state index contributed by atoms with van der Waals surface area (Å²) in [6.45, 7) is 4.64. The zero-order valence-corrected chi connectivity index (χ0v) is 21.2. The minimum absolute atomic E-state index is 0.0800. The van der Waals surface area contributed by atoms with E-state index in [-0.39, 0.29) is 35.9 Å². The minimum Gasteiger partial charge on any atom is -0.378 e. The van der Waals surface area contributed by atoms with Crippen LogP contribution in [0, 0.1) is 0 Å². The molecule has 1 aromatic carbocycles. The molecule has 0 bridgehead atoms. The van der Waals surface area contributed by atoms with E-state index in [1.54, 1.807) is 11.0 Å². The van der Waals surface area contributed by atoms with Crippen LogP contribution in [0.15, 0.2) is 35.4 Å². The Morgan fingerprint density at radius 2 is 1.83 bits per heavy atom. The minimum atomic E-state index is -0.471. The molecule has 3 saturated heterocycles. The number of benzene rings is 1. The Morgan fingerprint density at radius 1 is 1.06 bits per heavy atom. The van der Waals surface area contributed by atoms with E-state index >= 15 is 0 Å². The molecule has 3 fully saturated rings. The van der Waals surface area contributed by atoms with Crippen molar-refractivity contribution in [1.29, 1.82) is 0 Å². The van der Waals surface area contributed by atoms with E-state index in [1.807, 2.05) is 39.9 Å². The fourth-order valence-electron chi connectivity index (χ4n) is 5.05. The van der Waals surface area contributed by atoms with Crippen LogP contribution in [0.25, 0.3) is 17.0 Å². The first-order valence-corrected chi connectivity index (χ1v) is 13.2. The molecule has 36 heavy (non-hydrogen) atoms. The molecule has 5 rings (SSSR count). The maximum atomic E-state index is 13.1. The van der Waals surface area contributed by atoms with Crippen molar-refractivity contribution in [2.75, 3.05) is 39.4 Å². The number of para-hydroxylation sites is 1. The summed E-state index contributed by atoms with van der Waals surface area (Å²) < 4.78 is 7.18. The average Bonchev–Trinajstić information content (AvgIpc) is 3.36. The van der Waals surface area contributed by atoms with Crippen LogP contribution in [-0.4, -0.2) is 87.7 Å². The number of hydrogen-bond donors (Lipinski definition) is 0. The molecule has 4 heterocycles. The first-order valence-electron chi connectivity index (χ1n) is 12.4. The first-order chi connectivity index (χ1) is 17.4. The van der Waals surface area contributed by atoms with Gasteiger partial charge in [0.05, 0.1) is 18.1 Å². The molecule has 0 radical (unpaired) electrons. The van der Waals surface area contributed by atoms with Crippen molar-refractivity contribution in [3.05, 3.63) is 40.9 Å². The summed E-state index contributed by atoms with van der Waals surface area (Å²) in [5.41, 5.74) is 1.65. The number of piperidine rings is 1. The molecule has 3 aliphatic heterocycles. The molecule has 190 valence electrons. The summed E-state index contributed by atoms with van der Waals surface area (Å²) in [5.74, 6) is -0.651. The van der Waals surface area contributed by atoms with Gasteiger partial charge in [-0.25, -0.2) is 0 Å². The quantitative estimate of drug-likeness (QED) is 0.575. The van der Waals surface area contributed by atoms with Gasteiger partial charge in [0.15, 0.2) is 0 Å². The maximum absolute atomic E-state index is 13.1. The lowest BCUT2D eigenvalue weighted by molar-refractivity contribution is -0.139. The van der Waals surface area contributed by atoms with Crippen molar-refractivity contribution in [1.82, 2.24) is 19.3 Å². The van der Waals surface area contributed by atoms with Crippen LogP contribution < -0.4 is 0 Å². The standard InChI is InChI=1S/C26H30N4O5S/c1-18-6-4-5-9-29(18)24(32)16-28-15-19(20-7-2-3-8-21(20)28)14-22-25(33)30(26(34)36-22)17-23(31)27-10-12-35-13-11-27/h2-3,7-8,14-15,18H,4-6,9-13,16-17H2,1H3/b22-14-/t18-/m1/s1. The number of rotatable bonds is 5. The number of aromatic nitrogens is 1. The smallest absolute Gasteiger partial charge is 0.294 e. The zero-order chi connectivity index (χ0) is 25.2. The second-order valence-electron chi connectivity index (χ2n) is 9.42. The van der Waals surface area contributed by atoms with Gasteiger partial charge in [-0.15, -0.1) is 0 Å². The number of carbonyl (C=O) groups excluding carboxylic acids is 4. The Bertz CT molecular complexity index is 1230. The SMILES string of the molecule is C[C@@H]1CCCCN1C(=O)Cn1cc(/C=C2\SC(=O)N(CC(=O)N3CCOCC3)C2=O)c2ccccc21. The largest absolute Gasteiger partial charge is 0.378 e. The van der Waals surface area contributed by atoms with Crippen LogP contribution in [0.2, 0.25) is 0 Å². The van der Waals surface area contributed by atoms with Gasteiger partial charge in [0, 0.05) is 48.3 Å². The van der Waals surface area contributed by atoms with E-state index in [9.17, 15) is 19.2 Å². The van der Waals surface area contributed by atoms with Crippen LogP contribution in [0.4, 0.5) is 4.79 Å². The van der Waals surface area contributed by atoms with Gasteiger partial charge < -0.3 is 19.1 Å². The first kappa shape index (κ1) is 24.6. The van der Waals surface area contributed by atoms with Crippen LogP contribution in [-0.2, 0) is 25.7 Å². The van der Waals surface area contributed by atoms with Crippen molar-refractivity contribution in [2.24, 2.45) is 0 Å². The van der Waals surface area contributed by atoms with Gasteiger partial charge in [-0.05, 0) is 50.1 Å². The lowest BCUT2D eigenvalue weighted by Gasteiger charge is -2.33. The highest BCUT2D eigenvalue weighted by atomic mass is 32.2. The Kier molecular flexibility index (Phi) is 7.15. The molecule has 10 heteroatoms. The van der Waals surface area contributed by atoms with Gasteiger partial charge in [0.2, 0.25) is 11.8 Å².